The van der Waals surface area contributed by atoms with Crippen LogP contribution >= 0.6 is 15.9 Å². The maximum Gasteiger partial charge on any atom is 0.161 e. The Bertz CT molecular complexity index is 505. The Kier molecular flexibility index (Phi) is 3.99. The number of ether oxygens (including phenoxy) is 2. The third kappa shape index (κ3) is 2.41. The molecule has 0 unspecified atom stereocenters. The van der Waals surface area contributed by atoms with Gasteiger partial charge in [-0.3, -0.25) is 0 Å². The van der Waals surface area contributed by atoms with E-state index >= 15 is 0 Å². The van der Waals surface area contributed by atoms with Crippen molar-refractivity contribution in [3.05, 3.63) is 29.8 Å². The zero-order chi connectivity index (χ0) is 13.2. The second-order valence-corrected chi connectivity index (χ2v) is 7.44. The largest absolute Gasteiger partial charge is 0.493 e. The highest BCUT2D eigenvalue weighted by atomic mass is 79.9. The lowest BCUT2D eigenvalue weighted by Gasteiger charge is -2.39. The number of benzene rings is 1. The van der Waals surface area contributed by atoms with Crippen LogP contribution in [0.5, 0.6) is 5.75 Å². The molecule has 1 heterocycles. The molecule has 1 aromatic rings. The number of alkyl halides is 1. The molecule has 1 aliphatic rings. The Balaban J connectivity index is 2.23. The maximum absolute atomic E-state index is 11.9. The van der Waals surface area contributed by atoms with Crippen LogP contribution in [0.3, 0.4) is 0 Å². The van der Waals surface area contributed by atoms with E-state index in [0.717, 1.165) is 16.6 Å². The van der Waals surface area contributed by atoms with Crippen LogP contribution in [0.25, 0.3) is 0 Å². The summed E-state index contributed by atoms with van der Waals surface area (Å²) in [4.78, 5) is 0. The van der Waals surface area contributed by atoms with Crippen molar-refractivity contribution in [3.8, 4) is 5.75 Å². The van der Waals surface area contributed by atoms with Crippen molar-refractivity contribution in [2.24, 2.45) is 0 Å². The average molecular weight is 335 g/mol. The van der Waals surface area contributed by atoms with Gasteiger partial charge in [0.15, 0.2) is 9.84 Å². The summed E-state index contributed by atoms with van der Waals surface area (Å²) >= 11 is 3.28. The van der Waals surface area contributed by atoms with Crippen molar-refractivity contribution in [2.75, 3.05) is 31.4 Å². The summed E-state index contributed by atoms with van der Waals surface area (Å²) in [5, 5.41) is 0.760. The van der Waals surface area contributed by atoms with E-state index in [2.05, 4.69) is 15.9 Å². The van der Waals surface area contributed by atoms with E-state index in [0.29, 0.717) is 6.61 Å². The maximum atomic E-state index is 11.9. The Morgan fingerprint density at radius 2 is 1.94 bits per heavy atom. The number of hydrogen-bond donors (Lipinski definition) is 0. The van der Waals surface area contributed by atoms with Gasteiger partial charge in [-0.2, -0.15) is 0 Å². The average Bonchev–Trinajstić information content (AvgIpc) is 2.24. The summed E-state index contributed by atoms with van der Waals surface area (Å²) in [6.07, 6.45) is 1.25. The van der Waals surface area contributed by atoms with Crippen molar-refractivity contribution in [3.63, 3.8) is 0 Å². The molecule has 1 aromatic carbocycles. The molecule has 0 amide bonds. The highest BCUT2D eigenvalue weighted by Crippen LogP contribution is 2.37. The van der Waals surface area contributed by atoms with E-state index in [1.807, 2.05) is 0 Å². The summed E-state index contributed by atoms with van der Waals surface area (Å²) in [6.45, 7) is 1.04. The molecule has 0 radical (unpaired) electrons. The Morgan fingerprint density at radius 1 is 1.33 bits per heavy atom. The molecule has 6 heteroatoms. The first-order valence-electron chi connectivity index (χ1n) is 5.56. The Hall–Kier alpha value is -0.590. The third-order valence-corrected chi connectivity index (χ3v) is 5.32. The quantitative estimate of drug-likeness (QED) is 0.769. The van der Waals surface area contributed by atoms with Crippen molar-refractivity contribution in [1.82, 2.24) is 0 Å². The van der Waals surface area contributed by atoms with Crippen LogP contribution in [0.15, 0.2) is 24.3 Å². The van der Waals surface area contributed by atoms with Gasteiger partial charge in [0.25, 0.3) is 0 Å². The molecular weight excluding hydrogens is 320 g/mol. The first kappa shape index (κ1) is 13.8. The molecule has 0 aliphatic carbocycles. The summed E-state index contributed by atoms with van der Waals surface area (Å²) in [6, 6.07) is 7.19. The summed E-state index contributed by atoms with van der Waals surface area (Å²) in [5.41, 5.74) is 0.766. The first-order valence-corrected chi connectivity index (χ1v) is 8.57. The van der Waals surface area contributed by atoms with E-state index in [4.69, 9.17) is 9.47 Å². The molecule has 100 valence electrons. The topological polar surface area (TPSA) is 52.6 Å². The monoisotopic (exact) mass is 334 g/mol. The Labute approximate surface area is 115 Å². The van der Waals surface area contributed by atoms with E-state index in [1.165, 1.54) is 6.26 Å². The molecular formula is C12H15BrO4S. The molecule has 4 nitrogen and oxygen atoms in total. The molecule has 1 saturated heterocycles. The molecule has 0 N–H and O–H groups in total. The number of sulfone groups is 1. The Morgan fingerprint density at radius 3 is 2.33 bits per heavy atom. The molecule has 0 bridgehead atoms. The minimum atomic E-state index is -3.18. The van der Waals surface area contributed by atoms with Gasteiger partial charge in [0.1, 0.15) is 10.5 Å². The van der Waals surface area contributed by atoms with Crippen LogP contribution in [0, 0.1) is 0 Å². The van der Waals surface area contributed by atoms with Gasteiger partial charge in [-0.25, -0.2) is 8.42 Å². The van der Waals surface area contributed by atoms with Gasteiger partial charge in [-0.05, 0) is 17.7 Å². The van der Waals surface area contributed by atoms with Gasteiger partial charge in [-0.15, -0.1) is 0 Å². The predicted octanol–water partition coefficient (Wildman–Crippen LogP) is 1.73. The summed E-state index contributed by atoms with van der Waals surface area (Å²) in [5.74, 6) is 0.738. The SMILES string of the molecule is CS(=O)(=O)C1(c2ccc(OCCBr)cc2)COC1. The molecule has 0 spiro atoms. The molecule has 18 heavy (non-hydrogen) atoms. The van der Waals surface area contributed by atoms with Crippen molar-refractivity contribution < 1.29 is 17.9 Å². The second kappa shape index (κ2) is 5.19. The van der Waals surface area contributed by atoms with Crippen molar-refractivity contribution >= 4 is 25.8 Å². The standard InChI is InChI=1S/C12H15BrO4S/c1-18(14,15)12(8-16-9-12)10-2-4-11(5-3-10)17-7-6-13/h2-5H,6-9H2,1H3. The lowest BCUT2D eigenvalue weighted by Crippen LogP contribution is -2.52. The number of hydrogen-bond acceptors (Lipinski definition) is 4. The van der Waals surface area contributed by atoms with Crippen LogP contribution < -0.4 is 4.74 Å². The summed E-state index contributed by atoms with van der Waals surface area (Å²) in [7, 11) is -3.18. The fourth-order valence-electron chi connectivity index (χ4n) is 1.89. The molecule has 1 aliphatic heterocycles. The normalized spacial score (nSPS) is 18.1. The lowest BCUT2D eigenvalue weighted by molar-refractivity contribution is -0.0156. The minimum absolute atomic E-state index is 0.230. The van der Waals surface area contributed by atoms with Crippen molar-refractivity contribution in [2.45, 2.75) is 4.75 Å². The first-order chi connectivity index (χ1) is 8.49. The van der Waals surface area contributed by atoms with Crippen molar-refractivity contribution in [1.29, 1.82) is 0 Å². The fourth-order valence-corrected chi connectivity index (χ4v) is 3.21. The molecule has 0 saturated carbocycles. The lowest BCUT2D eigenvalue weighted by atomic mass is 9.96. The smallest absolute Gasteiger partial charge is 0.161 e. The second-order valence-electron chi connectivity index (χ2n) is 4.32. The molecule has 2 rings (SSSR count). The molecule has 0 atom stereocenters. The van der Waals surface area contributed by atoms with Crippen LogP contribution in [0.4, 0.5) is 0 Å². The zero-order valence-electron chi connectivity index (χ0n) is 10.1. The number of rotatable bonds is 5. The van der Waals surface area contributed by atoms with Gasteiger partial charge >= 0.3 is 0 Å². The highest BCUT2D eigenvalue weighted by Gasteiger charge is 2.49. The van der Waals surface area contributed by atoms with Crippen LogP contribution in [0.1, 0.15) is 5.56 Å². The van der Waals surface area contributed by atoms with Gasteiger partial charge in [0.2, 0.25) is 0 Å². The van der Waals surface area contributed by atoms with Gasteiger partial charge in [-0.1, -0.05) is 28.1 Å². The van der Waals surface area contributed by atoms with Gasteiger partial charge in [0, 0.05) is 11.6 Å². The number of halogens is 1. The van der Waals surface area contributed by atoms with Gasteiger partial charge < -0.3 is 9.47 Å². The van der Waals surface area contributed by atoms with Gasteiger partial charge in [0.05, 0.1) is 19.8 Å². The van der Waals surface area contributed by atoms with Crippen LogP contribution in [-0.4, -0.2) is 39.8 Å². The third-order valence-electron chi connectivity index (χ3n) is 3.11. The minimum Gasteiger partial charge on any atom is -0.493 e. The predicted molar refractivity (Wildman–Crippen MR) is 73.1 cm³/mol. The fraction of sp³-hybridized carbons (Fsp3) is 0.500. The van der Waals surface area contributed by atoms with E-state index in [-0.39, 0.29) is 13.2 Å². The van der Waals surface area contributed by atoms with E-state index in [9.17, 15) is 8.42 Å². The molecule has 0 aromatic heterocycles. The van der Waals surface area contributed by atoms with Crippen LogP contribution in [-0.2, 0) is 19.3 Å². The molecule has 1 fully saturated rings. The van der Waals surface area contributed by atoms with Crippen LogP contribution in [0.2, 0.25) is 0 Å². The van der Waals surface area contributed by atoms with E-state index in [1.54, 1.807) is 24.3 Å². The van der Waals surface area contributed by atoms with E-state index < -0.39 is 14.6 Å². The highest BCUT2D eigenvalue weighted by molar-refractivity contribution is 9.09. The summed E-state index contributed by atoms with van der Waals surface area (Å²) < 4.78 is 33.4. The zero-order valence-corrected chi connectivity index (χ0v) is 12.5.